The summed E-state index contributed by atoms with van der Waals surface area (Å²) in [6, 6.07) is 5.86. The maximum Gasteiger partial charge on any atom is 0.319 e. The zero-order valence-electron chi connectivity index (χ0n) is 26.5. The van der Waals surface area contributed by atoms with Gasteiger partial charge in [-0.15, -0.1) is 6.42 Å². The van der Waals surface area contributed by atoms with Crippen LogP contribution in [-0.4, -0.2) is 81.5 Å². The minimum atomic E-state index is -0.918. The van der Waals surface area contributed by atoms with Crippen molar-refractivity contribution in [3.05, 3.63) is 47.2 Å². The van der Waals surface area contributed by atoms with Crippen LogP contribution in [0.5, 0.6) is 11.8 Å². The van der Waals surface area contributed by atoms with Crippen molar-refractivity contribution in [1.82, 2.24) is 25.2 Å². The van der Waals surface area contributed by atoms with Crippen LogP contribution in [0.1, 0.15) is 50.8 Å². The Morgan fingerprint density at radius 2 is 2.02 bits per heavy atom. The number of terminal acetylenes is 1. The number of pyridine rings is 1. The number of hydrogen-bond donors (Lipinski definition) is 2. The van der Waals surface area contributed by atoms with Gasteiger partial charge in [0.05, 0.1) is 22.2 Å². The van der Waals surface area contributed by atoms with Crippen LogP contribution in [0.15, 0.2) is 24.3 Å². The molecule has 3 fully saturated rings. The summed E-state index contributed by atoms with van der Waals surface area (Å²) in [5.41, 5.74) is 0.263. The Bertz CT molecular complexity index is 1970. The summed E-state index contributed by atoms with van der Waals surface area (Å²) < 4.78 is 53.0. The van der Waals surface area contributed by atoms with Crippen molar-refractivity contribution >= 4 is 27.5 Å². The van der Waals surface area contributed by atoms with Crippen molar-refractivity contribution in [3.8, 4) is 35.4 Å². The van der Waals surface area contributed by atoms with Crippen LogP contribution in [-0.2, 0) is 6.42 Å². The van der Waals surface area contributed by atoms with Crippen LogP contribution >= 0.6 is 0 Å². The van der Waals surface area contributed by atoms with Crippen molar-refractivity contribution in [3.63, 3.8) is 0 Å². The van der Waals surface area contributed by atoms with Crippen LogP contribution in [0.2, 0.25) is 0 Å². The first-order chi connectivity index (χ1) is 22.7. The molecule has 5 atom stereocenters. The first kappa shape index (κ1) is 30.2. The van der Waals surface area contributed by atoms with Gasteiger partial charge in [-0.05, 0) is 61.7 Å². The van der Waals surface area contributed by atoms with Crippen molar-refractivity contribution in [2.45, 2.75) is 69.7 Å². The summed E-state index contributed by atoms with van der Waals surface area (Å²) >= 11 is 0. The fraction of sp³-hybridized carbons (Fsp3) is 0.472. The Balaban J connectivity index is 1.35. The molecule has 47 heavy (non-hydrogen) atoms. The Labute approximate surface area is 271 Å². The number of fused-ring (bicyclic) bond motifs is 4. The van der Waals surface area contributed by atoms with E-state index in [9.17, 15) is 9.50 Å². The fourth-order valence-corrected chi connectivity index (χ4v) is 8.51. The molecule has 4 aromatic rings. The largest absolute Gasteiger partial charge is 0.508 e. The molecule has 0 saturated carbocycles. The second kappa shape index (κ2) is 11.2. The van der Waals surface area contributed by atoms with Crippen LogP contribution in [0, 0.1) is 29.9 Å². The Morgan fingerprint density at radius 1 is 1.17 bits per heavy atom. The van der Waals surface area contributed by atoms with Gasteiger partial charge in [-0.1, -0.05) is 25.8 Å². The van der Waals surface area contributed by atoms with Gasteiger partial charge in [0.25, 0.3) is 0 Å². The summed E-state index contributed by atoms with van der Waals surface area (Å²) in [5, 5.41) is 15.6. The van der Waals surface area contributed by atoms with Gasteiger partial charge in [0.15, 0.2) is 5.82 Å². The molecule has 2 aromatic heterocycles. The second-order valence-electron chi connectivity index (χ2n) is 13.7. The Kier molecular flexibility index (Phi) is 7.22. The molecule has 2 N–H and O–H groups in total. The fourth-order valence-electron chi connectivity index (χ4n) is 8.51. The minimum Gasteiger partial charge on any atom is -0.508 e. The summed E-state index contributed by atoms with van der Waals surface area (Å²) in [5.74, 6) is 1.59. The van der Waals surface area contributed by atoms with Gasteiger partial charge in [-0.25, -0.2) is 18.2 Å². The van der Waals surface area contributed by atoms with E-state index in [0.717, 1.165) is 32.4 Å². The lowest BCUT2D eigenvalue weighted by atomic mass is 9.92. The van der Waals surface area contributed by atoms with E-state index in [-0.39, 0.29) is 64.1 Å². The molecule has 0 aliphatic carbocycles. The quantitative estimate of drug-likeness (QED) is 0.276. The molecule has 6 heterocycles. The van der Waals surface area contributed by atoms with E-state index >= 15 is 8.78 Å². The molecule has 0 bridgehead atoms. The highest BCUT2D eigenvalue weighted by Crippen LogP contribution is 2.44. The highest BCUT2D eigenvalue weighted by atomic mass is 19.1. The van der Waals surface area contributed by atoms with Gasteiger partial charge in [-0.2, -0.15) is 9.97 Å². The number of halogens is 3. The maximum absolute atomic E-state index is 17.1. The van der Waals surface area contributed by atoms with Crippen LogP contribution in [0.25, 0.3) is 32.9 Å². The topological polar surface area (TPSA) is 86.6 Å². The Hall–Kier alpha value is -4.14. The van der Waals surface area contributed by atoms with Gasteiger partial charge in [0, 0.05) is 49.1 Å². The predicted molar refractivity (Wildman–Crippen MR) is 174 cm³/mol. The molecule has 2 aromatic carbocycles. The summed E-state index contributed by atoms with van der Waals surface area (Å²) in [7, 11) is 0. The molecular formula is C36H37F3N6O2. The third-order valence-electron chi connectivity index (χ3n) is 10.9. The van der Waals surface area contributed by atoms with Crippen molar-refractivity contribution < 1.29 is 23.0 Å². The lowest BCUT2D eigenvalue weighted by molar-refractivity contribution is 0.107. The molecule has 0 radical (unpaired) electrons. The lowest BCUT2D eigenvalue weighted by Gasteiger charge is -2.42. The average Bonchev–Trinajstić information content (AvgIpc) is 3.56. The third kappa shape index (κ3) is 4.79. The van der Waals surface area contributed by atoms with Gasteiger partial charge in [-0.3, -0.25) is 4.90 Å². The number of phenolic OH excluding ortho intramolecular Hbond substituents is 1. The first-order valence-electron chi connectivity index (χ1n) is 16.5. The smallest absolute Gasteiger partial charge is 0.319 e. The molecule has 4 aliphatic heterocycles. The number of alkyl halides is 1. The molecular weight excluding hydrogens is 605 g/mol. The van der Waals surface area contributed by atoms with E-state index in [1.807, 2.05) is 0 Å². The number of anilines is 1. The molecule has 244 valence electrons. The monoisotopic (exact) mass is 642 g/mol. The van der Waals surface area contributed by atoms with Crippen LogP contribution in [0.3, 0.4) is 0 Å². The summed E-state index contributed by atoms with van der Waals surface area (Å²) in [6.45, 7) is 7.08. The standard InChI is InChI=1S/C36H37F3N6O2/c1-4-22-17-45-28(15-40-22)19(3)11-27-30-33(42-35(43-34(30)45)47-18-36-9-6-10-44(36)16-21(37)14-36)31(39)32(41-27)25-13-23(46)12-20-7-8-26(38)24(5-2)29(20)25/h2,7-8,12-13,19,21-22,28,40,46H,4,6,9-11,14-18H2,1,3H3/t19-,21-,22-,28-,36+/m1/s1. The number of aromatic nitrogens is 3. The molecule has 0 amide bonds. The maximum atomic E-state index is 17.1. The number of rotatable bonds is 5. The zero-order chi connectivity index (χ0) is 32.6. The first-order valence-corrected chi connectivity index (χ1v) is 16.5. The van der Waals surface area contributed by atoms with E-state index in [2.05, 4.69) is 39.9 Å². The molecule has 4 aliphatic rings. The van der Waals surface area contributed by atoms with Crippen molar-refractivity contribution in [1.29, 1.82) is 0 Å². The van der Waals surface area contributed by atoms with Gasteiger partial charge in [0.2, 0.25) is 0 Å². The molecule has 11 heteroatoms. The van der Waals surface area contributed by atoms with E-state index in [1.165, 1.54) is 24.3 Å². The number of aromatic hydroxyl groups is 1. The van der Waals surface area contributed by atoms with E-state index in [1.54, 1.807) is 0 Å². The SMILES string of the molecule is C#Cc1c(F)ccc2cc(O)cc(-c3nc4c5c(nc(OC[C@@]67CCCN6C[C@H](F)C7)nc5c3F)N3C[C@@H](CC)NC[C@@H]3[C@H](C)C4)c12. The molecule has 8 nitrogen and oxygen atoms in total. The summed E-state index contributed by atoms with van der Waals surface area (Å²) in [4.78, 5) is 18.9. The molecule has 0 unspecified atom stereocenters. The van der Waals surface area contributed by atoms with Crippen molar-refractivity contribution in [2.24, 2.45) is 5.92 Å². The number of ether oxygens (including phenoxy) is 1. The predicted octanol–water partition coefficient (Wildman–Crippen LogP) is 5.51. The van der Waals surface area contributed by atoms with Crippen LogP contribution < -0.4 is 15.0 Å². The average molecular weight is 643 g/mol. The lowest BCUT2D eigenvalue weighted by Crippen LogP contribution is -2.58. The molecule has 8 rings (SSSR count). The minimum absolute atomic E-state index is 0.0223. The van der Waals surface area contributed by atoms with Crippen LogP contribution in [0.4, 0.5) is 19.0 Å². The van der Waals surface area contributed by atoms with Gasteiger partial charge < -0.3 is 20.1 Å². The van der Waals surface area contributed by atoms with Gasteiger partial charge in [0.1, 0.15) is 41.4 Å². The number of benzene rings is 2. The van der Waals surface area contributed by atoms with Gasteiger partial charge >= 0.3 is 6.01 Å². The molecule has 3 saturated heterocycles. The molecule has 0 spiro atoms. The van der Waals surface area contributed by atoms with E-state index < -0.39 is 23.3 Å². The van der Waals surface area contributed by atoms with E-state index in [0.29, 0.717) is 48.2 Å². The number of nitrogens with one attached hydrogen (secondary N) is 1. The highest BCUT2D eigenvalue weighted by molar-refractivity contribution is 6.03. The second-order valence-corrected chi connectivity index (χ2v) is 13.7. The highest BCUT2D eigenvalue weighted by Gasteiger charge is 2.49. The number of hydrogen-bond acceptors (Lipinski definition) is 8. The Morgan fingerprint density at radius 3 is 2.83 bits per heavy atom. The summed E-state index contributed by atoms with van der Waals surface area (Å²) in [6.07, 6.45) is 8.42. The number of phenols is 1. The zero-order valence-corrected chi connectivity index (χ0v) is 26.5. The normalized spacial score (nSPS) is 27.1. The van der Waals surface area contributed by atoms with Crippen molar-refractivity contribution in [2.75, 3.05) is 37.7 Å². The number of nitrogens with zero attached hydrogens (tertiary/aromatic N) is 5. The van der Waals surface area contributed by atoms with E-state index in [4.69, 9.17) is 21.1 Å². The number of piperazine rings is 1. The third-order valence-corrected chi connectivity index (χ3v) is 10.9.